The lowest BCUT2D eigenvalue weighted by Gasteiger charge is -2.07. The molecule has 0 aliphatic carbocycles. The summed E-state index contributed by atoms with van der Waals surface area (Å²) in [5, 5.41) is 13.2. The Morgan fingerprint density at radius 2 is 2.00 bits per heavy atom. The molecule has 0 saturated heterocycles. The lowest BCUT2D eigenvalue weighted by Crippen LogP contribution is -2.00. The van der Waals surface area contributed by atoms with Crippen molar-refractivity contribution in [1.82, 2.24) is 10.2 Å². The van der Waals surface area contributed by atoms with Crippen molar-refractivity contribution in [2.24, 2.45) is 0 Å². The van der Waals surface area contributed by atoms with E-state index in [0.29, 0.717) is 11.3 Å². The fourth-order valence-corrected chi connectivity index (χ4v) is 4.04. The maximum Gasteiger partial charge on any atom is 0.336 e. The Kier molecular flexibility index (Phi) is 4.68. The van der Waals surface area contributed by atoms with Crippen LogP contribution in [-0.4, -0.2) is 16.7 Å². The molecule has 0 radical (unpaired) electrons. The summed E-state index contributed by atoms with van der Waals surface area (Å²) in [6.45, 7) is 6.92. The number of hydrogen-bond acceptors (Lipinski definition) is 7. The van der Waals surface area contributed by atoms with Gasteiger partial charge in [0.1, 0.15) is 5.58 Å². The van der Waals surface area contributed by atoms with E-state index in [1.807, 2.05) is 19.9 Å². The maximum absolute atomic E-state index is 11.8. The van der Waals surface area contributed by atoms with Crippen molar-refractivity contribution in [3.63, 3.8) is 0 Å². The van der Waals surface area contributed by atoms with E-state index in [1.165, 1.54) is 16.9 Å². The molecular formula is C16H17N3O2S2. The highest BCUT2D eigenvalue weighted by Gasteiger charge is 2.10. The van der Waals surface area contributed by atoms with Crippen LogP contribution in [0.2, 0.25) is 0 Å². The molecule has 0 saturated carbocycles. The second kappa shape index (κ2) is 6.72. The third-order valence-corrected chi connectivity index (χ3v) is 5.59. The molecule has 0 spiro atoms. The van der Waals surface area contributed by atoms with Crippen molar-refractivity contribution < 1.29 is 4.42 Å². The predicted octanol–water partition coefficient (Wildman–Crippen LogP) is 3.99. The molecule has 7 heteroatoms. The van der Waals surface area contributed by atoms with Gasteiger partial charge in [-0.3, -0.25) is 0 Å². The molecule has 0 aliphatic rings. The van der Waals surface area contributed by atoms with Gasteiger partial charge < -0.3 is 9.73 Å². The Morgan fingerprint density at radius 1 is 1.22 bits per heavy atom. The molecule has 1 N–H and O–H groups in total. The van der Waals surface area contributed by atoms with E-state index >= 15 is 0 Å². The summed E-state index contributed by atoms with van der Waals surface area (Å²) in [5.74, 6) is 0.658. The van der Waals surface area contributed by atoms with Gasteiger partial charge >= 0.3 is 5.63 Å². The molecule has 0 fully saturated rings. The minimum absolute atomic E-state index is 0.318. The average molecular weight is 347 g/mol. The quantitative estimate of drug-likeness (QED) is 0.556. The molecule has 1 aromatic carbocycles. The summed E-state index contributed by atoms with van der Waals surface area (Å²) >= 11 is 3.10. The number of thioether (sulfide) groups is 1. The second-order valence-corrected chi connectivity index (χ2v) is 7.42. The molecule has 0 amide bonds. The van der Waals surface area contributed by atoms with Crippen LogP contribution in [0.4, 0.5) is 5.13 Å². The fourth-order valence-electron chi connectivity index (χ4n) is 2.23. The molecule has 2 heterocycles. The van der Waals surface area contributed by atoms with Gasteiger partial charge in [0.05, 0.1) is 0 Å². The van der Waals surface area contributed by atoms with Gasteiger partial charge in [0.15, 0.2) is 4.34 Å². The summed E-state index contributed by atoms with van der Waals surface area (Å²) in [6, 6.07) is 5.57. The highest BCUT2D eigenvalue weighted by atomic mass is 32.2. The Balaban J connectivity index is 1.89. The Hall–Kier alpha value is -1.86. The van der Waals surface area contributed by atoms with Crippen LogP contribution in [-0.2, 0) is 5.75 Å². The third-order valence-electron chi connectivity index (χ3n) is 3.53. The zero-order chi connectivity index (χ0) is 16.4. The van der Waals surface area contributed by atoms with E-state index in [2.05, 4.69) is 28.5 Å². The first kappa shape index (κ1) is 16.0. The Labute approximate surface area is 142 Å². The smallest absolute Gasteiger partial charge is 0.336 e. The van der Waals surface area contributed by atoms with Crippen molar-refractivity contribution in [1.29, 1.82) is 0 Å². The van der Waals surface area contributed by atoms with E-state index in [1.54, 1.807) is 17.8 Å². The van der Waals surface area contributed by atoms with Crippen LogP contribution < -0.4 is 10.9 Å². The third kappa shape index (κ3) is 3.56. The largest absolute Gasteiger partial charge is 0.423 e. The molecule has 0 unspecified atom stereocenters. The summed E-state index contributed by atoms with van der Waals surface area (Å²) in [6.07, 6.45) is 0. The summed E-state index contributed by atoms with van der Waals surface area (Å²) in [5.41, 5.74) is 3.58. The number of nitrogens with zero attached hydrogens (tertiary/aromatic N) is 2. The second-order valence-electron chi connectivity index (χ2n) is 5.22. The first-order chi connectivity index (χ1) is 11.1. The van der Waals surface area contributed by atoms with Crippen LogP contribution in [0.3, 0.4) is 0 Å². The number of anilines is 1. The Morgan fingerprint density at radius 3 is 2.78 bits per heavy atom. The van der Waals surface area contributed by atoms with Gasteiger partial charge in [0.25, 0.3) is 0 Å². The maximum atomic E-state index is 11.8. The van der Waals surface area contributed by atoms with E-state index in [0.717, 1.165) is 32.5 Å². The molecule has 2 aromatic heterocycles. The van der Waals surface area contributed by atoms with E-state index < -0.39 is 0 Å². The lowest BCUT2D eigenvalue weighted by molar-refractivity contribution is 0.559. The van der Waals surface area contributed by atoms with E-state index in [-0.39, 0.29) is 5.63 Å². The minimum atomic E-state index is -0.318. The van der Waals surface area contributed by atoms with Crippen molar-refractivity contribution in [2.75, 3.05) is 11.9 Å². The van der Waals surface area contributed by atoms with Crippen LogP contribution in [0.15, 0.2) is 31.8 Å². The number of fused-ring (bicyclic) bond motifs is 1. The highest BCUT2D eigenvalue weighted by Crippen LogP contribution is 2.30. The number of aromatic nitrogens is 2. The Bertz CT molecular complexity index is 902. The molecule has 5 nitrogen and oxygen atoms in total. The fraction of sp³-hybridized carbons (Fsp3) is 0.312. The van der Waals surface area contributed by atoms with Gasteiger partial charge in [-0.2, -0.15) is 0 Å². The van der Waals surface area contributed by atoms with Crippen LogP contribution >= 0.6 is 23.1 Å². The van der Waals surface area contributed by atoms with Crippen LogP contribution in [0.1, 0.15) is 23.6 Å². The molecule has 3 aromatic rings. The molecule has 3 rings (SSSR count). The number of benzene rings is 1. The monoisotopic (exact) mass is 347 g/mol. The standard InChI is InChI=1S/C16H17N3O2S2/c1-4-17-15-18-19-16(23-15)22-8-11-7-14(20)21-13-6-10(3)9(2)5-12(11)13/h5-7H,4,8H2,1-3H3,(H,17,18). The summed E-state index contributed by atoms with van der Waals surface area (Å²) in [4.78, 5) is 11.8. The zero-order valence-electron chi connectivity index (χ0n) is 13.2. The van der Waals surface area contributed by atoms with Crippen LogP contribution in [0.25, 0.3) is 11.0 Å². The van der Waals surface area contributed by atoms with Crippen molar-refractivity contribution >= 4 is 39.2 Å². The normalized spacial score (nSPS) is 11.1. The van der Waals surface area contributed by atoms with Gasteiger partial charge in [-0.25, -0.2) is 4.79 Å². The van der Waals surface area contributed by atoms with Crippen LogP contribution in [0, 0.1) is 13.8 Å². The predicted molar refractivity (Wildman–Crippen MR) is 95.6 cm³/mol. The van der Waals surface area contributed by atoms with Gasteiger partial charge in [-0.15, -0.1) is 10.2 Å². The van der Waals surface area contributed by atoms with Gasteiger partial charge in [0.2, 0.25) is 5.13 Å². The number of hydrogen-bond donors (Lipinski definition) is 1. The van der Waals surface area contributed by atoms with E-state index in [4.69, 9.17) is 4.42 Å². The molecule has 0 bridgehead atoms. The van der Waals surface area contributed by atoms with Crippen LogP contribution in [0.5, 0.6) is 0 Å². The minimum Gasteiger partial charge on any atom is -0.423 e. The van der Waals surface area contributed by atoms with Crippen molar-refractivity contribution in [3.8, 4) is 0 Å². The molecular weight excluding hydrogens is 330 g/mol. The first-order valence-corrected chi connectivity index (χ1v) is 9.11. The SMILES string of the molecule is CCNc1nnc(SCc2cc(=O)oc3cc(C)c(C)cc23)s1. The topological polar surface area (TPSA) is 68.0 Å². The molecule has 0 aliphatic heterocycles. The number of aryl methyl sites for hydroxylation is 2. The van der Waals surface area contributed by atoms with E-state index in [9.17, 15) is 4.79 Å². The average Bonchev–Trinajstić information content (AvgIpc) is 2.95. The van der Waals surface area contributed by atoms with Gasteiger partial charge in [-0.1, -0.05) is 23.1 Å². The highest BCUT2D eigenvalue weighted by molar-refractivity contribution is 8.00. The van der Waals surface area contributed by atoms with Crippen molar-refractivity contribution in [3.05, 3.63) is 45.3 Å². The summed E-state index contributed by atoms with van der Waals surface area (Å²) < 4.78 is 6.21. The summed E-state index contributed by atoms with van der Waals surface area (Å²) in [7, 11) is 0. The van der Waals surface area contributed by atoms with Gasteiger partial charge in [0, 0.05) is 23.8 Å². The number of rotatable bonds is 5. The number of nitrogens with one attached hydrogen (secondary N) is 1. The molecule has 23 heavy (non-hydrogen) atoms. The molecule has 120 valence electrons. The van der Waals surface area contributed by atoms with Crippen molar-refractivity contribution in [2.45, 2.75) is 30.9 Å². The lowest BCUT2D eigenvalue weighted by atomic mass is 10.0. The molecule has 0 atom stereocenters. The van der Waals surface area contributed by atoms with Gasteiger partial charge in [-0.05, 0) is 49.6 Å². The first-order valence-electron chi connectivity index (χ1n) is 7.31. The zero-order valence-corrected chi connectivity index (χ0v) is 14.8.